The van der Waals surface area contributed by atoms with Crippen molar-refractivity contribution in [3.63, 3.8) is 0 Å². The van der Waals surface area contributed by atoms with Crippen LogP contribution in [0.5, 0.6) is 11.5 Å². The van der Waals surface area contributed by atoms with Gasteiger partial charge in [0, 0.05) is 23.9 Å². The van der Waals surface area contributed by atoms with Crippen LogP contribution in [0, 0.1) is 5.82 Å². The summed E-state index contributed by atoms with van der Waals surface area (Å²) in [5.74, 6) is 0.0705. The first-order valence-corrected chi connectivity index (χ1v) is 6.13. The van der Waals surface area contributed by atoms with E-state index in [1.165, 1.54) is 6.07 Å². The van der Waals surface area contributed by atoms with E-state index in [1.807, 2.05) is 19.1 Å². The Labute approximate surface area is 111 Å². The number of para-hydroxylation sites is 1. The van der Waals surface area contributed by atoms with E-state index >= 15 is 0 Å². The fraction of sp³-hybridized carbons (Fsp3) is 0.200. The Hall–Kier alpha value is -2.23. The predicted octanol–water partition coefficient (Wildman–Crippen LogP) is 3.54. The molecule has 0 aromatic heterocycles. The first-order chi connectivity index (χ1) is 9.20. The number of aromatic hydroxyl groups is 1. The molecule has 0 spiro atoms. The monoisotopic (exact) mass is 261 g/mol. The third kappa shape index (κ3) is 3.37. The van der Waals surface area contributed by atoms with Crippen molar-refractivity contribution < 1.29 is 14.2 Å². The molecule has 100 valence electrons. The van der Waals surface area contributed by atoms with Crippen LogP contribution in [-0.2, 0) is 6.54 Å². The van der Waals surface area contributed by atoms with Crippen LogP contribution < -0.4 is 10.1 Å². The smallest absolute Gasteiger partial charge is 0.167 e. The molecule has 0 radical (unpaired) electrons. The minimum atomic E-state index is -0.399. The SMILES string of the molecule is CCOc1ccc(NCc2ccccc2O)cc1F. The summed E-state index contributed by atoms with van der Waals surface area (Å²) in [5.41, 5.74) is 1.40. The largest absolute Gasteiger partial charge is 0.508 e. The van der Waals surface area contributed by atoms with Gasteiger partial charge in [0.05, 0.1) is 6.61 Å². The van der Waals surface area contributed by atoms with Gasteiger partial charge in [-0.3, -0.25) is 0 Å². The van der Waals surface area contributed by atoms with Crippen LogP contribution >= 0.6 is 0 Å². The highest BCUT2D eigenvalue weighted by Gasteiger charge is 2.05. The van der Waals surface area contributed by atoms with E-state index in [0.717, 1.165) is 5.56 Å². The number of halogens is 1. The number of anilines is 1. The standard InChI is InChI=1S/C15H16FNO2/c1-2-19-15-8-7-12(9-13(15)16)17-10-11-5-3-4-6-14(11)18/h3-9,17-18H,2,10H2,1H3. The molecule has 0 fully saturated rings. The number of phenolic OH excluding ortho intramolecular Hbond substituents is 1. The van der Waals surface area contributed by atoms with Crippen molar-refractivity contribution in [2.24, 2.45) is 0 Å². The number of nitrogens with one attached hydrogen (secondary N) is 1. The van der Waals surface area contributed by atoms with Crippen LogP contribution in [0.2, 0.25) is 0 Å². The highest BCUT2D eigenvalue weighted by molar-refractivity contribution is 5.48. The van der Waals surface area contributed by atoms with Gasteiger partial charge in [0.2, 0.25) is 0 Å². The highest BCUT2D eigenvalue weighted by atomic mass is 19.1. The van der Waals surface area contributed by atoms with E-state index in [2.05, 4.69) is 5.32 Å². The zero-order chi connectivity index (χ0) is 13.7. The summed E-state index contributed by atoms with van der Waals surface area (Å²) in [4.78, 5) is 0. The minimum absolute atomic E-state index is 0.224. The van der Waals surface area contributed by atoms with Crippen LogP contribution in [0.1, 0.15) is 12.5 Å². The molecule has 0 bridgehead atoms. The van der Waals surface area contributed by atoms with Gasteiger partial charge >= 0.3 is 0 Å². The minimum Gasteiger partial charge on any atom is -0.508 e. The van der Waals surface area contributed by atoms with Crippen LogP contribution in [0.25, 0.3) is 0 Å². The molecule has 2 aromatic rings. The number of rotatable bonds is 5. The Balaban J connectivity index is 2.04. The molecule has 3 nitrogen and oxygen atoms in total. The summed E-state index contributed by atoms with van der Waals surface area (Å²) in [6, 6.07) is 11.7. The second-order valence-corrected chi connectivity index (χ2v) is 4.06. The van der Waals surface area contributed by atoms with Crippen molar-refractivity contribution in [3.05, 3.63) is 53.8 Å². The van der Waals surface area contributed by atoms with Gasteiger partial charge in [-0.1, -0.05) is 18.2 Å². The topological polar surface area (TPSA) is 41.5 Å². The third-order valence-corrected chi connectivity index (χ3v) is 2.71. The van der Waals surface area contributed by atoms with E-state index in [-0.39, 0.29) is 11.5 Å². The quantitative estimate of drug-likeness (QED) is 0.865. The molecule has 0 aliphatic carbocycles. The maximum atomic E-state index is 13.6. The molecular weight excluding hydrogens is 245 g/mol. The molecule has 2 aromatic carbocycles. The van der Waals surface area contributed by atoms with Crippen molar-refractivity contribution in [2.75, 3.05) is 11.9 Å². The zero-order valence-corrected chi connectivity index (χ0v) is 10.7. The van der Waals surface area contributed by atoms with Crippen LogP contribution in [0.4, 0.5) is 10.1 Å². The molecule has 0 atom stereocenters. The molecule has 19 heavy (non-hydrogen) atoms. The molecule has 2 N–H and O–H groups in total. The Morgan fingerprint density at radius 1 is 1.21 bits per heavy atom. The maximum Gasteiger partial charge on any atom is 0.167 e. The molecule has 0 amide bonds. The van der Waals surface area contributed by atoms with Gasteiger partial charge in [-0.15, -0.1) is 0 Å². The zero-order valence-electron chi connectivity index (χ0n) is 10.7. The molecule has 0 aliphatic heterocycles. The molecule has 0 heterocycles. The Morgan fingerprint density at radius 2 is 2.00 bits per heavy atom. The Bertz CT molecular complexity index is 558. The number of hydrogen-bond donors (Lipinski definition) is 2. The summed E-state index contributed by atoms with van der Waals surface area (Å²) in [5, 5.41) is 12.7. The number of benzene rings is 2. The predicted molar refractivity (Wildman–Crippen MR) is 73.0 cm³/mol. The lowest BCUT2D eigenvalue weighted by Gasteiger charge is -2.10. The van der Waals surface area contributed by atoms with Gasteiger partial charge in [-0.2, -0.15) is 0 Å². The van der Waals surface area contributed by atoms with E-state index in [9.17, 15) is 9.50 Å². The molecule has 0 saturated heterocycles. The van der Waals surface area contributed by atoms with Crippen molar-refractivity contribution in [3.8, 4) is 11.5 Å². The number of hydrogen-bond acceptors (Lipinski definition) is 3. The Morgan fingerprint density at radius 3 is 2.68 bits per heavy atom. The average Bonchev–Trinajstić information content (AvgIpc) is 2.41. The van der Waals surface area contributed by atoms with E-state index in [0.29, 0.717) is 18.8 Å². The van der Waals surface area contributed by atoms with Crippen molar-refractivity contribution in [1.29, 1.82) is 0 Å². The molecular formula is C15H16FNO2. The van der Waals surface area contributed by atoms with E-state index in [4.69, 9.17) is 4.74 Å². The number of phenols is 1. The maximum absolute atomic E-state index is 13.6. The van der Waals surface area contributed by atoms with E-state index < -0.39 is 5.82 Å². The summed E-state index contributed by atoms with van der Waals surface area (Å²) < 4.78 is 18.8. The van der Waals surface area contributed by atoms with Gasteiger partial charge < -0.3 is 15.2 Å². The highest BCUT2D eigenvalue weighted by Crippen LogP contribution is 2.22. The molecule has 2 rings (SSSR count). The second-order valence-electron chi connectivity index (χ2n) is 4.06. The summed E-state index contributed by atoms with van der Waals surface area (Å²) in [6.07, 6.45) is 0. The molecule has 0 saturated carbocycles. The van der Waals surface area contributed by atoms with Crippen LogP contribution in [0.15, 0.2) is 42.5 Å². The van der Waals surface area contributed by atoms with Gasteiger partial charge in [0.25, 0.3) is 0 Å². The second kappa shape index (κ2) is 6.09. The molecule has 4 heteroatoms. The fourth-order valence-corrected chi connectivity index (χ4v) is 1.74. The Kier molecular flexibility index (Phi) is 4.23. The summed E-state index contributed by atoms with van der Waals surface area (Å²) in [7, 11) is 0. The average molecular weight is 261 g/mol. The van der Waals surface area contributed by atoms with Gasteiger partial charge in [0.15, 0.2) is 11.6 Å². The van der Waals surface area contributed by atoms with Crippen LogP contribution in [-0.4, -0.2) is 11.7 Å². The van der Waals surface area contributed by atoms with Gasteiger partial charge in [0.1, 0.15) is 5.75 Å². The molecule has 0 aliphatic rings. The van der Waals surface area contributed by atoms with Gasteiger partial charge in [-0.25, -0.2) is 4.39 Å². The first kappa shape index (κ1) is 13.2. The lowest BCUT2D eigenvalue weighted by molar-refractivity contribution is 0.321. The first-order valence-electron chi connectivity index (χ1n) is 6.13. The van der Waals surface area contributed by atoms with Crippen molar-refractivity contribution in [2.45, 2.75) is 13.5 Å². The summed E-state index contributed by atoms with van der Waals surface area (Å²) in [6.45, 7) is 2.67. The number of ether oxygens (including phenoxy) is 1. The van der Waals surface area contributed by atoms with Crippen molar-refractivity contribution in [1.82, 2.24) is 0 Å². The molecule has 0 unspecified atom stereocenters. The fourth-order valence-electron chi connectivity index (χ4n) is 1.74. The van der Waals surface area contributed by atoms with Crippen molar-refractivity contribution >= 4 is 5.69 Å². The normalized spacial score (nSPS) is 10.2. The van der Waals surface area contributed by atoms with Gasteiger partial charge in [-0.05, 0) is 25.1 Å². The van der Waals surface area contributed by atoms with E-state index in [1.54, 1.807) is 24.3 Å². The lowest BCUT2D eigenvalue weighted by Crippen LogP contribution is -2.01. The third-order valence-electron chi connectivity index (χ3n) is 2.71. The lowest BCUT2D eigenvalue weighted by atomic mass is 10.2. The summed E-state index contributed by atoms with van der Waals surface area (Å²) >= 11 is 0. The van der Waals surface area contributed by atoms with Crippen LogP contribution in [0.3, 0.4) is 0 Å².